The highest BCUT2D eigenvalue weighted by Crippen LogP contribution is 2.35. The maximum atomic E-state index is 13.1. The van der Waals surface area contributed by atoms with Crippen LogP contribution in [0.25, 0.3) is 0 Å². The van der Waals surface area contributed by atoms with E-state index in [1.807, 2.05) is 6.07 Å². The van der Waals surface area contributed by atoms with Gasteiger partial charge in [0.25, 0.3) is 0 Å². The fourth-order valence-corrected chi connectivity index (χ4v) is 2.38. The molecule has 0 atom stereocenters. The van der Waals surface area contributed by atoms with Gasteiger partial charge in [0.15, 0.2) is 0 Å². The summed E-state index contributed by atoms with van der Waals surface area (Å²) in [5, 5.41) is 10.5. The molecule has 2 heteroatoms. The zero-order valence-electron chi connectivity index (χ0n) is 8.88. The molecule has 1 aliphatic rings. The molecule has 1 nitrogen and oxygen atoms in total. The number of halogens is 1. The molecule has 1 saturated carbocycles. The molecule has 2 rings (SSSR count). The minimum Gasteiger partial charge on any atom is -0.385 e. The molecule has 1 aromatic rings. The van der Waals surface area contributed by atoms with Gasteiger partial charge in [-0.3, -0.25) is 0 Å². The second-order valence-corrected chi connectivity index (χ2v) is 4.46. The van der Waals surface area contributed by atoms with Crippen molar-refractivity contribution in [3.63, 3.8) is 0 Å². The van der Waals surface area contributed by atoms with E-state index in [1.165, 1.54) is 25.0 Å². The van der Waals surface area contributed by atoms with Crippen molar-refractivity contribution in [3.05, 3.63) is 35.6 Å². The molecule has 0 aliphatic heterocycles. The molecule has 1 aliphatic carbocycles. The lowest BCUT2D eigenvalue weighted by Crippen LogP contribution is -2.24. The van der Waals surface area contributed by atoms with E-state index in [0.29, 0.717) is 0 Å². The summed E-state index contributed by atoms with van der Waals surface area (Å²) in [5.41, 5.74) is -0.0529. The summed E-state index contributed by atoms with van der Waals surface area (Å²) in [6.45, 7) is 0. The van der Waals surface area contributed by atoms with Gasteiger partial charge in [-0.25, -0.2) is 4.39 Å². The highest BCUT2D eigenvalue weighted by molar-refractivity contribution is 5.23. The summed E-state index contributed by atoms with van der Waals surface area (Å²) in [7, 11) is 0. The minimum atomic E-state index is -0.793. The molecular weight excluding hydrogens is 191 g/mol. The molecule has 1 fully saturated rings. The maximum absolute atomic E-state index is 13.1. The van der Waals surface area contributed by atoms with Crippen LogP contribution >= 0.6 is 0 Å². The quantitative estimate of drug-likeness (QED) is 0.701. The van der Waals surface area contributed by atoms with Crippen LogP contribution in [0.4, 0.5) is 4.39 Å². The Labute approximate surface area is 89.9 Å². The van der Waals surface area contributed by atoms with Gasteiger partial charge in [-0.1, -0.05) is 37.8 Å². The lowest BCUT2D eigenvalue weighted by Gasteiger charge is -2.27. The predicted molar refractivity (Wildman–Crippen MR) is 58.0 cm³/mol. The van der Waals surface area contributed by atoms with Gasteiger partial charge in [0.1, 0.15) is 5.82 Å². The normalized spacial score (nSPS) is 20.9. The van der Waals surface area contributed by atoms with Crippen LogP contribution in [0, 0.1) is 5.82 Å². The first kappa shape index (κ1) is 10.6. The van der Waals surface area contributed by atoms with E-state index in [9.17, 15) is 9.50 Å². The van der Waals surface area contributed by atoms with Gasteiger partial charge in [0, 0.05) is 0 Å². The van der Waals surface area contributed by atoms with Crippen LogP contribution in [0.2, 0.25) is 0 Å². The first-order valence-electron chi connectivity index (χ1n) is 5.69. The van der Waals surface area contributed by atoms with Gasteiger partial charge in [-0.2, -0.15) is 0 Å². The fourth-order valence-electron chi connectivity index (χ4n) is 2.38. The Hall–Kier alpha value is -0.890. The summed E-state index contributed by atoms with van der Waals surface area (Å²) in [5.74, 6) is -0.259. The standard InChI is InChI=1S/C13H17FO/c14-12-7-5-6-11(10-12)13(15)8-3-1-2-4-9-13/h5-7,10,15H,1-4,8-9H2. The Morgan fingerprint density at radius 2 is 1.73 bits per heavy atom. The molecule has 0 spiro atoms. The first-order valence-corrected chi connectivity index (χ1v) is 5.69. The number of aliphatic hydroxyl groups is 1. The van der Waals surface area contributed by atoms with E-state index in [0.717, 1.165) is 31.2 Å². The Kier molecular flexibility index (Phi) is 3.06. The van der Waals surface area contributed by atoms with Crippen LogP contribution in [0.1, 0.15) is 44.1 Å². The predicted octanol–water partition coefficient (Wildman–Crippen LogP) is 3.37. The Morgan fingerprint density at radius 3 is 2.33 bits per heavy atom. The van der Waals surface area contributed by atoms with Gasteiger partial charge in [0.2, 0.25) is 0 Å². The molecule has 1 N–H and O–H groups in total. The Bertz CT molecular complexity index is 327. The maximum Gasteiger partial charge on any atom is 0.123 e. The summed E-state index contributed by atoms with van der Waals surface area (Å²) < 4.78 is 13.1. The zero-order valence-corrected chi connectivity index (χ0v) is 8.88. The molecule has 0 heterocycles. The highest BCUT2D eigenvalue weighted by Gasteiger charge is 2.29. The van der Waals surface area contributed by atoms with E-state index in [2.05, 4.69) is 0 Å². The van der Waals surface area contributed by atoms with Crippen LogP contribution in [-0.2, 0) is 5.60 Å². The third-order valence-corrected chi connectivity index (χ3v) is 3.29. The third kappa shape index (κ3) is 2.37. The number of rotatable bonds is 1. The van der Waals surface area contributed by atoms with Gasteiger partial charge in [0.05, 0.1) is 5.60 Å². The Balaban J connectivity index is 2.26. The first-order chi connectivity index (χ1) is 7.21. The molecule has 0 amide bonds. The Morgan fingerprint density at radius 1 is 1.07 bits per heavy atom. The molecule has 0 aromatic heterocycles. The van der Waals surface area contributed by atoms with Crippen molar-refractivity contribution in [2.75, 3.05) is 0 Å². The van der Waals surface area contributed by atoms with Gasteiger partial charge in [-0.05, 0) is 30.5 Å². The zero-order chi connectivity index (χ0) is 10.7. The van der Waals surface area contributed by atoms with Crippen molar-refractivity contribution in [1.29, 1.82) is 0 Å². The van der Waals surface area contributed by atoms with Gasteiger partial charge in [-0.15, -0.1) is 0 Å². The number of benzene rings is 1. The number of hydrogen-bond donors (Lipinski definition) is 1. The lowest BCUT2D eigenvalue weighted by molar-refractivity contribution is 0.0204. The molecule has 0 bridgehead atoms. The summed E-state index contributed by atoms with van der Waals surface area (Å²) in [6, 6.07) is 6.39. The number of hydrogen-bond acceptors (Lipinski definition) is 1. The third-order valence-electron chi connectivity index (χ3n) is 3.29. The van der Waals surface area contributed by atoms with Gasteiger partial charge >= 0.3 is 0 Å². The summed E-state index contributed by atoms with van der Waals surface area (Å²) in [4.78, 5) is 0. The van der Waals surface area contributed by atoms with Crippen LogP contribution in [-0.4, -0.2) is 5.11 Å². The van der Waals surface area contributed by atoms with Crippen LogP contribution in [0.3, 0.4) is 0 Å². The second kappa shape index (κ2) is 4.31. The minimum absolute atomic E-state index is 0.259. The molecule has 0 saturated heterocycles. The molecular formula is C13H17FO. The molecule has 15 heavy (non-hydrogen) atoms. The van der Waals surface area contributed by atoms with Crippen LogP contribution < -0.4 is 0 Å². The monoisotopic (exact) mass is 208 g/mol. The topological polar surface area (TPSA) is 20.2 Å². The van der Waals surface area contributed by atoms with Crippen molar-refractivity contribution >= 4 is 0 Å². The van der Waals surface area contributed by atoms with E-state index in [-0.39, 0.29) is 5.82 Å². The van der Waals surface area contributed by atoms with Crippen molar-refractivity contribution in [3.8, 4) is 0 Å². The largest absolute Gasteiger partial charge is 0.385 e. The van der Waals surface area contributed by atoms with E-state index in [1.54, 1.807) is 6.07 Å². The van der Waals surface area contributed by atoms with Crippen LogP contribution in [0.15, 0.2) is 24.3 Å². The second-order valence-electron chi connectivity index (χ2n) is 4.46. The smallest absolute Gasteiger partial charge is 0.123 e. The van der Waals surface area contributed by atoms with E-state index in [4.69, 9.17) is 0 Å². The summed E-state index contributed by atoms with van der Waals surface area (Å²) in [6.07, 6.45) is 5.95. The SMILES string of the molecule is OC1(c2cccc(F)c2)CCCCCC1. The molecule has 82 valence electrons. The summed E-state index contributed by atoms with van der Waals surface area (Å²) >= 11 is 0. The average Bonchev–Trinajstić information content (AvgIpc) is 2.44. The van der Waals surface area contributed by atoms with E-state index >= 15 is 0 Å². The lowest BCUT2D eigenvalue weighted by atomic mass is 9.86. The molecule has 0 radical (unpaired) electrons. The van der Waals surface area contributed by atoms with Crippen molar-refractivity contribution in [2.24, 2.45) is 0 Å². The fraction of sp³-hybridized carbons (Fsp3) is 0.538. The van der Waals surface area contributed by atoms with Crippen LogP contribution in [0.5, 0.6) is 0 Å². The van der Waals surface area contributed by atoms with Gasteiger partial charge < -0.3 is 5.11 Å². The molecule has 1 aromatic carbocycles. The molecule has 0 unspecified atom stereocenters. The van der Waals surface area contributed by atoms with Crippen molar-refractivity contribution < 1.29 is 9.50 Å². The average molecular weight is 208 g/mol. The van der Waals surface area contributed by atoms with Crippen molar-refractivity contribution in [2.45, 2.75) is 44.1 Å². The van der Waals surface area contributed by atoms with E-state index < -0.39 is 5.60 Å². The highest BCUT2D eigenvalue weighted by atomic mass is 19.1. The van der Waals surface area contributed by atoms with Crippen molar-refractivity contribution in [1.82, 2.24) is 0 Å².